The monoisotopic (exact) mass is 412 g/mol. The van der Waals surface area contributed by atoms with Crippen molar-refractivity contribution < 1.29 is 9.53 Å². The van der Waals surface area contributed by atoms with Crippen LogP contribution in [0.2, 0.25) is 0 Å². The highest BCUT2D eigenvalue weighted by Gasteiger charge is 2.34. The van der Waals surface area contributed by atoms with Gasteiger partial charge in [0.2, 0.25) is 0 Å². The number of morpholine rings is 1. The number of thioether (sulfide) groups is 1. The molecular formula is C22H28N4O2S. The molecule has 1 atom stereocenters. The van der Waals surface area contributed by atoms with Crippen molar-refractivity contribution in [3.8, 4) is 0 Å². The molecular weight excluding hydrogens is 384 g/mol. The van der Waals surface area contributed by atoms with Crippen LogP contribution in [0.1, 0.15) is 33.7 Å². The summed E-state index contributed by atoms with van der Waals surface area (Å²) in [5, 5.41) is 4.88. The third-order valence-corrected chi connectivity index (χ3v) is 7.41. The van der Waals surface area contributed by atoms with Gasteiger partial charge < -0.3 is 9.64 Å². The zero-order chi connectivity index (χ0) is 19.6. The molecule has 154 valence electrons. The Morgan fingerprint density at radius 3 is 2.76 bits per heavy atom. The molecule has 0 spiro atoms. The van der Waals surface area contributed by atoms with Gasteiger partial charge in [0.25, 0.3) is 5.91 Å². The van der Waals surface area contributed by atoms with Crippen LogP contribution in [0.5, 0.6) is 0 Å². The number of ether oxygens (including phenoxy) is 1. The molecule has 3 aliphatic heterocycles. The van der Waals surface area contributed by atoms with Crippen molar-refractivity contribution >= 4 is 17.7 Å². The fraction of sp³-hybridized carbons (Fsp3) is 0.545. The molecule has 0 bridgehead atoms. The van der Waals surface area contributed by atoms with E-state index in [0.29, 0.717) is 38.0 Å². The molecule has 1 amide bonds. The third kappa shape index (κ3) is 3.96. The van der Waals surface area contributed by atoms with Gasteiger partial charge in [-0.15, -0.1) is 0 Å². The van der Waals surface area contributed by atoms with E-state index in [1.54, 1.807) is 0 Å². The number of benzene rings is 1. The number of fused-ring (bicyclic) bond motifs is 1. The summed E-state index contributed by atoms with van der Waals surface area (Å²) >= 11 is 2.05. The number of carbonyl (C=O) groups is 1. The minimum atomic E-state index is 0.0685. The van der Waals surface area contributed by atoms with Crippen LogP contribution >= 0.6 is 11.8 Å². The highest BCUT2D eigenvalue weighted by Crippen LogP contribution is 2.30. The number of aromatic nitrogens is 2. The molecule has 29 heavy (non-hydrogen) atoms. The van der Waals surface area contributed by atoms with Crippen LogP contribution in [0.3, 0.4) is 0 Å². The smallest absolute Gasteiger partial charge is 0.274 e. The number of hydrogen-bond acceptors (Lipinski definition) is 5. The maximum Gasteiger partial charge on any atom is 0.274 e. The number of nitrogens with zero attached hydrogens (tertiary/aromatic N) is 4. The Morgan fingerprint density at radius 2 is 2.00 bits per heavy atom. The summed E-state index contributed by atoms with van der Waals surface area (Å²) in [6.07, 6.45) is 2.22. The van der Waals surface area contributed by atoms with Gasteiger partial charge in [-0.05, 0) is 17.7 Å². The molecule has 7 heteroatoms. The summed E-state index contributed by atoms with van der Waals surface area (Å²) in [6.45, 7) is 5.17. The normalized spacial score (nSPS) is 22.6. The van der Waals surface area contributed by atoms with E-state index in [-0.39, 0.29) is 5.91 Å². The van der Waals surface area contributed by atoms with Gasteiger partial charge in [-0.3, -0.25) is 14.4 Å². The van der Waals surface area contributed by atoms with Crippen molar-refractivity contribution in [2.75, 3.05) is 44.4 Å². The Morgan fingerprint density at radius 1 is 1.17 bits per heavy atom. The Hall–Kier alpha value is -1.83. The maximum atomic E-state index is 13.3. The summed E-state index contributed by atoms with van der Waals surface area (Å²) in [6, 6.07) is 11.0. The van der Waals surface area contributed by atoms with Gasteiger partial charge in [0.15, 0.2) is 5.69 Å². The second kappa shape index (κ2) is 8.50. The topological polar surface area (TPSA) is 50.6 Å². The average molecular weight is 413 g/mol. The number of carbonyl (C=O) groups excluding carboxylic acids is 1. The van der Waals surface area contributed by atoms with Gasteiger partial charge in [0.1, 0.15) is 0 Å². The Bertz CT molecular complexity index is 857. The van der Waals surface area contributed by atoms with Crippen LogP contribution in [0.15, 0.2) is 30.3 Å². The van der Waals surface area contributed by atoms with Crippen molar-refractivity contribution in [1.82, 2.24) is 19.6 Å². The van der Waals surface area contributed by atoms with Gasteiger partial charge in [-0.25, -0.2) is 0 Å². The molecule has 2 aromatic rings. The van der Waals surface area contributed by atoms with Crippen molar-refractivity contribution in [3.05, 3.63) is 52.8 Å². The third-order valence-electron chi connectivity index (χ3n) is 6.26. The standard InChI is InChI=1S/C22H28N4O2S/c27-22(24-9-11-28-12-10-24)21-19-15-25(18-7-13-29-16-18)8-6-20(19)26(23-21)14-17-4-2-1-3-5-17/h1-5,18H,6-16H2. The molecule has 6 nitrogen and oxygen atoms in total. The molecule has 0 N–H and O–H groups in total. The molecule has 3 aliphatic rings. The molecule has 4 heterocycles. The van der Waals surface area contributed by atoms with E-state index < -0.39 is 0 Å². The molecule has 2 saturated heterocycles. The summed E-state index contributed by atoms with van der Waals surface area (Å²) in [7, 11) is 0. The fourth-order valence-corrected chi connectivity index (χ4v) is 5.86. The fourth-order valence-electron chi connectivity index (χ4n) is 4.61. The van der Waals surface area contributed by atoms with Crippen LogP contribution in [0, 0.1) is 0 Å². The van der Waals surface area contributed by atoms with Crippen LogP contribution in [-0.4, -0.2) is 75.9 Å². The van der Waals surface area contributed by atoms with E-state index in [2.05, 4.69) is 33.8 Å². The van der Waals surface area contributed by atoms with Gasteiger partial charge in [0, 0.05) is 55.7 Å². The lowest BCUT2D eigenvalue weighted by atomic mass is 10.0. The Labute approximate surface area is 176 Å². The highest BCUT2D eigenvalue weighted by atomic mass is 32.2. The Balaban J connectivity index is 1.46. The number of amides is 1. The first-order chi connectivity index (χ1) is 14.3. The van der Waals surface area contributed by atoms with E-state index in [9.17, 15) is 4.79 Å². The van der Waals surface area contributed by atoms with Crippen molar-refractivity contribution in [2.24, 2.45) is 0 Å². The van der Waals surface area contributed by atoms with Gasteiger partial charge >= 0.3 is 0 Å². The summed E-state index contributed by atoms with van der Waals surface area (Å²) < 4.78 is 7.52. The quantitative estimate of drug-likeness (QED) is 0.771. The van der Waals surface area contributed by atoms with E-state index in [1.807, 2.05) is 22.7 Å². The van der Waals surface area contributed by atoms with E-state index >= 15 is 0 Å². The molecule has 1 aromatic carbocycles. The summed E-state index contributed by atoms with van der Waals surface area (Å²) in [5.74, 6) is 2.53. The lowest BCUT2D eigenvalue weighted by Gasteiger charge is -2.33. The molecule has 5 rings (SSSR count). The van der Waals surface area contributed by atoms with Crippen LogP contribution in [0.25, 0.3) is 0 Å². The van der Waals surface area contributed by atoms with E-state index in [4.69, 9.17) is 9.84 Å². The van der Waals surface area contributed by atoms with E-state index in [0.717, 1.165) is 31.6 Å². The van der Waals surface area contributed by atoms with Crippen molar-refractivity contribution in [1.29, 1.82) is 0 Å². The highest BCUT2D eigenvalue weighted by molar-refractivity contribution is 7.99. The minimum Gasteiger partial charge on any atom is -0.378 e. The second-order valence-corrected chi connectivity index (χ2v) is 9.21. The zero-order valence-electron chi connectivity index (χ0n) is 16.8. The molecule has 1 aromatic heterocycles. The second-order valence-electron chi connectivity index (χ2n) is 8.06. The first kappa shape index (κ1) is 19.2. The maximum absolute atomic E-state index is 13.3. The largest absolute Gasteiger partial charge is 0.378 e. The first-order valence-corrected chi connectivity index (χ1v) is 11.8. The predicted octanol–water partition coefficient (Wildman–Crippen LogP) is 2.27. The average Bonchev–Trinajstić information content (AvgIpc) is 3.43. The number of hydrogen-bond donors (Lipinski definition) is 0. The van der Waals surface area contributed by atoms with Gasteiger partial charge in [0.05, 0.1) is 19.8 Å². The molecule has 0 aliphatic carbocycles. The van der Waals surface area contributed by atoms with E-state index in [1.165, 1.54) is 29.2 Å². The first-order valence-electron chi connectivity index (χ1n) is 10.6. The molecule has 0 radical (unpaired) electrons. The summed E-state index contributed by atoms with van der Waals surface area (Å²) in [4.78, 5) is 17.8. The van der Waals surface area contributed by atoms with Crippen molar-refractivity contribution in [3.63, 3.8) is 0 Å². The molecule has 0 saturated carbocycles. The SMILES string of the molecule is O=C(c1nn(Cc2ccccc2)c2c1CN(C1CCSC1)CC2)N1CCOCC1. The van der Waals surface area contributed by atoms with Gasteiger partial charge in [-0.2, -0.15) is 16.9 Å². The Kier molecular flexibility index (Phi) is 5.61. The minimum absolute atomic E-state index is 0.0685. The predicted molar refractivity (Wildman–Crippen MR) is 114 cm³/mol. The lowest BCUT2D eigenvalue weighted by molar-refractivity contribution is 0.0297. The zero-order valence-corrected chi connectivity index (χ0v) is 17.6. The molecule has 1 unspecified atom stereocenters. The van der Waals surface area contributed by atoms with Crippen LogP contribution < -0.4 is 0 Å². The van der Waals surface area contributed by atoms with Crippen LogP contribution in [-0.2, 0) is 24.2 Å². The lowest BCUT2D eigenvalue weighted by Crippen LogP contribution is -2.42. The van der Waals surface area contributed by atoms with Crippen molar-refractivity contribution in [2.45, 2.75) is 32.0 Å². The van der Waals surface area contributed by atoms with Gasteiger partial charge in [-0.1, -0.05) is 30.3 Å². The number of rotatable bonds is 4. The summed E-state index contributed by atoms with van der Waals surface area (Å²) in [5.41, 5.74) is 4.28. The molecule has 2 fully saturated rings. The van der Waals surface area contributed by atoms with Crippen LogP contribution in [0.4, 0.5) is 0 Å².